The van der Waals surface area contributed by atoms with Gasteiger partial charge < -0.3 is 39.7 Å². The maximum absolute atomic E-state index is 13.5. The van der Waals surface area contributed by atoms with Gasteiger partial charge in [0, 0.05) is 48.0 Å². The maximum Gasteiger partial charge on any atom is 0.330 e. The quantitative estimate of drug-likeness (QED) is 0.216. The Labute approximate surface area is 336 Å². The molecule has 0 aromatic rings. The molecule has 0 aliphatic carbocycles. The molecule has 2 bridgehead atoms. The summed E-state index contributed by atoms with van der Waals surface area (Å²) in [5.41, 5.74) is -2.18. The van der Waals surface area contributed by atoms with Crippen LogP contribution in [0.3, 0.4) is 0 Å². The summed E-state index contributed by atoms with van der Waals surface area (Å²) < 4.78 is 20.0. The summed E-state index contributed by atoms with van der Waals surface area (Å²) in [4.78, 5) is 40.5. The van der Waals surface area contributed by atoms with Gasteiger partial charge in [0.15, 0.2) is 11.6 Å². The lowest BCUT2D eigenvalue weighted by Gasteiger charge is -2.55. The minimum Gasteiger partial charge on any atom is -0.458 e. The molecule has 1 spiro atoms. The number of rotatable bonds is 3. The average molecular weight is 791 g/mol. The third-order valence-electron chi connectivity index (χ3n) is 13.4. The second-order valence-corrected chi connectivity index (χ2v) is 18.0. The Kier molecular flexibility index (Phi) is 17.7. The predicted octanol–water partition coefficient (Wildman–Crippen LogP) is 5.88. The van der Waals surface area contributed by atoms with E-state index < -0.39 is 89.0 Å². The van der Waals surface area contributed by atoms with Gasteiger partial charge in [0.25, 0.3) is 0 Å². The van der Waals surface area contributed by atoms with Crippen LogP contribution in [0.5, 0.6) is 0 Å². The van der Waals surface area contributed by atoms with Crippen molar-refractivity contribution >= 4 is 17.5 Å². The molecule has 3 aliphatic heterocycles. The fourth-order valence-corrected chi connectivity index (χ4v) is 9.01. The van der Waals surface area contributed by atoms with Crippen molar-refractivity contribution in [2.45, 2.75) is 175 Å². The predicted molar refractivity (Wildman–Crippen MR) is 215 cm³/mol. The summed E-state index contributed by atoms with van der Waals surface area (Å²) in [5, 5.41) is 55.0. The highest BCUT2D eigenvalue weighted by molar-refractivity contribution is 5.91. The van der Waals surface area contributed by atoms with E-state index in [1.807, 2.05) is 32.1 Å². The smallest absolute Gasteiger partial charge is 0.330 e. The van der Waals surface area contributed by atoms with Crippen molar-refractivity contribution in [2.75, 3.05) is 0 Å². The second-order valence-electron chi connectivity index (χ2n) is 18.0. The summed E-state index contributed by atoms with van der Waals surface area (Å²) in [6.07, 6.45) is 9.62. The number of carbonyl (C=O) groups excluding carboxylic acids is 3. The molecule has 3 aliphatic rings. The first kappa shape index (κ1) is 48.1. The molecule has 56 heavy (non-hydrogen) atoms. The van der Waals surface area contributed by atoms with Crippen molar-refractivity contribution in [2.24, 2.45) is 53.3 Å². The summed E-state index contributed by atoms with van der Waals surface area (Å²) >= 11 is 0. The highest BCUT2D eigenvalue weighted by Crippen LogP contribution is 2.49. The molecule has 0 radical (unpaired) electrons. The molecule has 5 N–H and O–H groups in total. The Morgan fingerprint density at radius 2 is 1.48 bits per heavy atom. The SMILES string of the molecule is CC[C@@H]1/C=C\C=C\C[C@H](C)C(O)[C@](C)(O)C(=O)[C@H](C)C(O)[C@H](C)C(=O)[C@H](C)[C@@H](O)[C@H](C)/C=C/C(=O)O[C@H]2[C@@H](C)[C@@H](CC1)O[C@@]1(CC[C@@H](C)[C@@H](C[C@H](C)O)O1)[C@@H]2C. The van der Waals surface area contributed by atoms with Crippen LogP contribution in [-0.2, 0) is 28.6 Å². The minimum atomic E-state index is -2.18. The number of aliphatic hydroxyl groups excluding tert-OH is 4. The Hall–Kier alpha value is -2.25. The van der Waals surface area contributed by atoms with Crippen LogP contribution in [0.2, 0.25) is 0 Å². The van der Waals surface area contributed by atoms with E-state index in [0.29, 0.717) is 25.7 Å². The Morgan fingerprint density at radius 3 is 2.11 bits per heavy atom. The largest absolute Gasteiger partial charge is 0.458 e. The number of hydrogen-bond donors (Lipinski definition) is 5. The zero-order valence-electron chi connectivity index (χ0n) is 35.8. The number of aliphatic hydroxyl groups is 5. The normalized spacial score (nSPS) is 46.8. The van der Waals surface area contributed by atoms with E-state index in [-0.39, 0.29) is 35.9 Å². The van der Waals surface area contributed by atoms with Gasteiger partial charge in [-0.25, -0.2) is 4.79 Å². The van der Waals surface area contributed by atoms with Gasteiger partial charge in [-0.2, -0.15) is 0 Å². The standard InChI is InChI=1S/C45H74O11/c1-12-34-17-15-13-14-16-27(4)42(51)44(11,53)43(52)32(9)40(50)31(8)39(49)30(7)38(48)26(3)18-21-37(47)54-41-29(6)35(20-19-34)55-45(33(41)10)23-22-25(2)36(56-45)24-28(5)46/h13-15,17-18,21,25-36,38,40-42,46,48,50-51,53H,12,16,19-20,22-24H2,1-11H3/b14-13+,17-15-,21-18+/t25-,26-,27+,28+,29+,30-,31-,32-,33-,34-,35-,36-,38+,40?,41+,42?,44+,45-/m1/s1. The zero-order chi connectivity index (χ0) is 42.3. The molecule has 0 aromatic carbocycles. The monoisotopic (exact) mass is 791 g/mol. The van der Waals surface area contributed by atoms with Crippen LogP contribution in [0.15, 0.2) is 36.5 Å². The lowest BCUT2D eigenvalue weighted by Crippen LogP contribution is -2.62. The van der Waals surface area contributed by atoms with Crippen molar-refractivity contribution in [1.29, 1.82) is 0 Å². The third kappa shape index (κ3) is 11.5. The Bertz CT molecular complexity index is 1390. The molecule has 2 fully saturated rings. The lowest BCUT2D eigenvalue weighted by atomic mass is 9.74. The lowest BCUT2D eigenvalue weighted by molar-refractivity contribution is -0.371. The fraction of sp³-hybridized carbons (Fsp3) is 0.800. The number of esters is 1. The molecule has 0 aromatic heterocycles. The van der Waals surface area contributed by atoms with E-state index in [9.17, 15) is 39.9 Å². The molecule has 11 nitrogen and oxygen atoms in total. The van der Waals surface area contributed by atoms with Gasteiger partial charge in [0.2, 0.25) is 0 Å². The van der Waals surface area contributed by atoms with E-state index in [0.717, 1.165) is 19.3 Å². The van der Waals surface area contributed by atoms with Gasteiger partial charge in [-0.15, -0.1) is 0 Å². The highest BCUT2D eigenvalue weighted by atomic mass is 16.7. The van der Waals surface area contributed by atoms with Crippen LogP contribution in [0.4, 0.5) is 0 Å². The number of fused-ring (bicyclic) bond motifs is 2. The third-order valence-corrected chi connectivity index (χ3v) is 13.4. The first-order valence-corrected chi connectivity index (χ1v) is 21.2. The summed E-state index contributed by atoms with van der Waals surface area (Å²) in [7, 11) is 0. The van der Waals surface area contributed by atoms with E-state index in [1.54, 1.807) is 20.8 Å². The van der Waals surface area contributed by atoms with E-state index in [4.69, 9.17) is 14.2 Å². The fourth-order valence-electron chi connectivity index (χ4n) is 9.01. The van der Waals surface area contributed by atoms with Crippen LogP contribution in [0, 0.1) is 53.3 Å². The van der Waals surface area contributed by atoms with Crippen LogP contribution in [-0.4, -0.2) is 97.2 Å². The van der Waals surface area contributed by atoms with Crippen LogP contribution >= 0.6 is 0 Å². The molecule has 0 amide bonds. The van der Waals surface area contributed by atoms with Crippen molar-refractivity contribution in [1.82, 2.24) is 0 Å². The van der Waals surface area contributed by atoms with Crippen LogP contribution in [0.25, 0.3) is 0 Å². The Morgan fingerprint density at radius 1 is 0.839 bits per heavy atom. The van der Waals surface area contributed by atoms with E-state index in [1.165, 1.54) is 39.8 Å². The molecule has 320 valence electrons. The van der Waals surface area contributed by atoms with Gasteiger partial charge in [0.1, 0.15) is 17.5 Å². The van der Waals surface area contributed by atoms with Crippen molar-refractivity contribution in [3.05, 3.63) is 36.5 Å². The molecule has 0 saturated carbocycles. The molecule has 11 heteroatoms. The van der Waals surface area contributed by atoms with Crippen molar-refractivity contribution in [3.63, 3.8) is 0 Å². The number of hydrogen-bond acceptors (Lipinski definition) is 11. The van der Waals surface area contributed by atoms with Crippen molar-refractivity contribution < 1.29 is 54.1 Å². The van der Waals surface area contributed by atoms with Gasteiger partial charge >= 0.3 is 5.97 Å². The van der Waals surface area contributed by atoms with E-state index >= 15 is 0 Å². The first-order chi connectivity index (χ1) is 26.1. The number of Topliss-reactive ketones (excluding diaryl/α,β-unsaturated/α-hetero) is 2. The number of allylic oxidation sites excluding steroid dienone is 4. The van der Waals surface area contributed by atoms with Gasteiger partial charge in [-0.3, -0.25) is 9.59 Å². The maximum atomic E-state index is 13.5. The summed E-state index contributed by atoms with van der Waals surface area (Å²) in [5.74, 6) is -7.28. The summed E-state index contributed by atoms with van der Waals surface area (Å²) in [6, 6.07) is 0. The molecular weight excluding hydrogens is 716 g/mol. The molecule has 2 saturated heterocycles. The number of ketones is 2. The zero-order valence-corrected chi connectivity index (χ0v) is 35.8. The molecule has 3 rings (SSSR count). The van der Waals surface area contributed by atoms with Gasteiger partial charge in [-0.1, -0.05) is 92.7 Å². The average Bonchev–Trinajstić information content (AvgIpc) is 3.16. The minimum absolute atomic E-state index is 0.168. The first-order valence-electron chi connectivity index (χ1n) is 21.2. The van der Waals surface area contributed by atoms with Gasteiger partial charge in [-0.05, 0) is 70.1 Å². The molecule has 18 atom stereocenters. The van der Waals surface area contributed by atoms with Crippen LogP contribution in [0.1, 0.15) is 121 Å². The summed E-state index contributed by atoms with van der Waals surface area (Å²) in [6.45, 7) is 19.1. The molecule has 2 unspecified atom stereocenters. The topological polar surface area (TPSA) is 180 Å². The van der Waals surface area contributed by atoms with Crippen LogP contribution < -0.4 is 0 Å². The molecular formula is C45H74O11. The highest BCUT2D eigenvalue weighted by Gasteiger charge is 2.56. The Balaban J connectivity index is 1.99. The number of carbonyl (C=O) groups is 3. The molecule has 3 heterocycles. The number of ether oxygens (including phenoxy) is 3. The van der Waals surface area contributed by atoms with Gasteiger partial charge in [0.05, 0.1) is 36.6 Å². The second kappa shape index (κ2) is 20.6. The van der Waals surface area contributed by atoms with Crippen molar-refractivity contribution in [3.8, 4) is 0 Å². The van der Waals surface area contributed by atoms with E-state index in [2.05, 4.69) is 19.9 Å².